The van der Waals surface area contributed by atoms with Gasteiger partial charge in [0.05, 0.1) is 11.6 Å². The molecule has 0 bridgehead atoms. The molecule has 0 heterocycles. The second-order valence-corrected chi connectivity index (χ2v) is 12.8. The van der Waals surface area contributed by atoms with Gasteiger partial charge in [0.25, 0.3) is 5.91 Å². The molecule has 1 unspecified atom stereocenters. The van der Waals surface area contributed by atoms with Gasteiger partial charge in [0, 0.05) is 23.6 Å². The third kappa shape index (κ3) is 4.08. The first-order valence-corrected chi connectivity index (χ1v) is 13.9. The number of aromatic hydroxyl groups is 1. The van der Waals surface area contributed by atoms with Crippen LogP contribution in [-0.4, -0.2) is 68.5 Å². The van der Waals surface area contributed by atoms with E-state index in [9.17, 15) is 34.8 Å². The highest BCUT2D eigenvalue weighted by Gasteiger charge is 2.63. The Bertz CT molecular complexity index is 1600. The molecule has 4 atom stereocenters. The number of ketones is 2. The van der Waals surface area contributed by atoms with Crippen LogP contribution in [0.5, 0.6) is 5.75 Å². The highest BCUT2D eigenvalue weighted by molar-refractivity contribution is 6.25. The van der Waals surface area contributed by atoms with E-state index in [0.717, 1.165) is 11.1 Å². The number of phenolic OH excluding ortho intramolecular Hbond substituents is 1. The molecule has 0 saturated carbocycles. The third-order valence-electron chi connectivity index (χ3n) is 9.08. The average Bonchev–Trinajstić information content (AvgIpc) is 2.90. The van der Waals surface area contributed by atoms with Crippen LogP contribution in [-0.2, 0) is 28.0 Å². The molecule has 222 valence electrons. The van der Waals surface area contributed by atoms with Crippen molar-refractivity contribution in [2.24, 2.45) is 23.3 Å². The minimum absolute atomic E-state index is 0.0214. The molecule has 2 aromatic carbocycles. The van der Waals surface area contributed by atoms with Crippen molar-refractivity contribution in [3.63, 3.8) is 0 Å². The first-order chi connectivity index (χ1) is 19.5. The molecule has 0 aromatic heterocycles. The smallest absolute Gasteiger partial charge is 0.255 e. The molecule has 0 spiro atoms. The fourth-order valence-corrected chi connectivity index (χ4v) is 6.94. The minimum Gasteiger partial charge on any atom is -0.510 e. The second-order valence-electron chi connectivity index (χ2n) is 12.8. The highest BCUT2D eigenvalue weighted by atomic mass is 16.3. The van der Waals surface area contributed by atoms with Crippen molar-refractivity contribution in [2.75, 3.05) is 14.1 Å². The molecular formula is C32H37N3O7. The number of hydrogen-bond acceptors (Lipinski definition) is 9. The predicted molar refractivity (Wildman–Crippen MR) is 156 cm³/mol. The number of likely N-dealkylation sites (N-methyl/N-ethyl adjacent to an activating group) is 1. The summed E-state index contributed by atoms with van der Waals surface area (Å²) >= 11 is 0. The van der Waals surface area contributed by atoms with Gasteiger partial charge in [0.1, 0.15) is 22.8 Å². The SMILES string of the molecule is CN(C)C1C(O)=C(C(N)=O)C(=O)[C@]2(O)C(O)=C3C(=O)c4c(O)c(CN)cc(-c5ccc(C(C)(C)C)cc5)c4C[C@H]3C[C@@H]12. The van der Waals surface area contributed by atoms with Crippen molar-refractivity contribution in [3.8, 4) is 16.9 Å². The molecule has 0 radical (unpaired) electrons. The van der Waals surface area contributed by atoms with E-state index in [0.29, 0.717) is 16.7 Å². The van der Waals surface area contributed by atoms with E-state index in [1.807, 2.05) is 24.3 Å². The number of carbonyl (C=O) groups excluding carboxylic acids is 3. The molecule has 3 aliphatic rings. The van der Waals surface area contributed by atoms with Crippen LogP contribution in [0.25, 0.3) is 11.1 Å². The lowest BCUT2D eigenvalue weighted by atomic mass is 9.58. The van der Waals surface area contributed by atoms with Crippen LogP contribution in [0.4, 0.5) is 0 Å². The van der Waals surface area contributed by atoms with Crippen molar-refractivity contribution < 1.29 is 34.8 Å². The number of amides is 1. The van der Waals surface area contributed by atoms with E-state index in [1.54, 1.807) is 20.2 Å². The number of nitrogens with zero attached hydrogens (tertiary/aromatic N) is 1. The largest absolute Gasteiger partial charge is 0.510 e. The lowest BCUT2D eigenvalue weighted by Crippen LogP contribution is -2.63. The molecule has 10 nitrogen and oxygen atoms in total. The summed E-state index contributed by atoms with van der Waals surface area (Å²) in [5, 5.41) is 45.5. The zero-order chi connectivity index (χ0) is 31.0. The number of fused-ring (bicyclic) bond motifs is 3. The van der Waals surface area contributed by atoms with Gasteiger partial charge in [-0.3, -0.25) is 19.3 Å². The van der Waals surface area contributed by atoms with Crippen molar-refractivity contribution in [3.05, 3.63) is 75.3 Å². The van der Waals surface area contributed by atoms with E-state index in [4.69, 9.17) is 11.5 Å². The summed E-state index contributed by atoms with van der Waals surface area (Å²) in [5.41, 5.74) is 11.0. The normalized spacial score (nSPS) is 25.9. The maximum Gasteiger partial charge on any atom is 0.255 e. The molecule has 3 aliphatic carbocycles. The summed E-state index contributed by atoms with van der Waals surface area (Å²) in [7, 11) is 3.19. The number of nitrogens with two attached hydrogens (primary N) is 2. The van der Waals surface area contributed by atoms with Crippen LogP contribution in [0.2, 0.25) is 0 Å². The molecule has 0 saturated heterocycles. The van der Waals surface area contributed by atoms with Crippen molar-refractivity contribution >= 4 is 17.5 Å². The molecule has 1 amide bonds. The quantitative estimate of drug-likeness (QED) is 0.298. The average molecular weight is 576 g/mol. The number of aliphatic hydroxyl groups excluding tert-OH is 2. The van der Waals surface area contributed by atoms with Crippen LogP contribution >= 0.6 is 0 Å². The van der Waals surface area contributed by atoms with Crippen LogP contribution < -0.4 is 11.5 Å². The number of primary amides is 1. The first-order valence-electron chi connectivity index (χ1n) is 13.9. The monoisotopic (exact) mass is 575 g/mol. The Balaban J connectivity index is 1.73. The number of allylic oxidation sites excluding steroid dienone is 1. The Morgan fingerprint density at radius 3 is 2.24 bits per heavy atom. The fraction of sp³-hybridized carbons (Fsp3) is 0.406. The van der Waals surface area contributed by atoms with E-state index in [-0.39, 0.29) is 41.7 Å². The maximum atomic E-state index is 14.1. The molecular weight excluding hydrogens is 538 g/mol. The molecule has 0 fully saturated rings. The Labute approximate surface area is 243 Å². The molecule has 8 N–H and O–H groups in total. The first kappa shape index (κ1) is 29.5. The van der Waals surface area contributed by atoms with Gasteiger partial charge in [0.2, 0.25) is 5.78 Å². The van der Waals surface area contributed by atoms with Gasteiger partial charge in [-0.05, 0) is 66.6 Å². The number of Topliss-reactive ketones (excluding diaryl/α,β-unsaturated/α-hetero) is 2. The van der Waals surface area contributed by atoms with Crippen LogP contribution in [0, 0.1) is 11.8 Å². The minimum atomic E-state index is -2.68. The Kier molecular flexibility index (Phi) is 6.88. The van der Waals surface area contributed by atoms with E-state index < -0.39 is 58.0 Å². The number of phenols is 1. The van der Waals surface area contributed by atoms with Gasteiger partial charge in [-0.25, -0.2) is 0 Å². The lowest BCUT2D eigenvalue weighted by molar-refractivity contribution is -0.148. The van der Waals surface area contributed by atoms with Crippen molar-refractivity contribution in [1.82, 2.24) is 4.90 Å². The van der Waals surface area contributed by atoms with Crippen molar-refractivity contribution in [1.29, 1.82) is 0 Å². The molecule has 42 heavy (non-hydrogen) atoms. The lowest BCUT2D eigenvalue weighted by Gasteiger charge is -2.50. The summed E-state index contributed by atoms with van der Waals surface area (Å²) in [6.07, 6.45) is 0.219. The van der Waals surface area contributed by atoms with Gasteiger partial charge in [-0.2, -0.15) is 0 Å². The molecule has 5 rings (SSSR count). The highest BCUT2D eigenvalue weighted by Crippen LogP contribution is 2.53. The summed E-state index contributed by atoms with van der Waals surface area (Å²) in [6, 6.07) is 8.65. The van der Waals surface area contributed by atoms with Gasteiger partial charge in [0.15, 0.2) is 11.4 Å². The summed E-state index contributed by atoms with van der Waals surface area (Å²) in [5.74, 6) is -6.83. The molecule has 10 heteroatoms. The predicted octanol–water partition coefficient (Wildman–Crippen LogP) is 2.54. The standard InChI is InChI=1S/C32H37N3O7/c1-31(2,3)17-8-6-14(7-9-17)18-11-16(13-33)25(36)22-19(18)10-15-12-20-24(35(4)5)27(38)23(30(34)41)29(40)32(20,42)28(39)21(15)26(22)37/h6-9,11,15,20,24,36,38-39,42H,10,12-13,33H2,1-5H3,(H2,34,41)/t15-,20-,24?,32+/m0/s1. The number of rotatable bonds is 4. The van der Waals surface area contributed by atoms with Gasteiger partial charge in [-0.15, -0.1) is 0 Å². The zero-order valence-corrected chi connectivity index (χ0v) is 24.4. The van der Waals surface area contributed by atoms with E-state index in [2.05, 4.69) is 20.8 Å². The van der Waals surface area contributed by atoms with Crippen LogP contribution in [0.15, 0.2) is 53.0 Å². The number of hydrogen-bond donors (Lipinski definition) is 6. The van der Waals surface area contributed by atoms with Crippen LogP contribution in [0.3, 0.4) is 0 Å². The Morgan fingerprint density at radius 1 is 1.10 bits per heavy atom. The molecule has 0 aliphatic heterocycles. The summed E-state index contributed by atoms with van der Waals surface area (Å²) in [6.45, 7) is 6.26. The molecule has 2 aromatic rings. The van der Waals surface area contributed by atoms with Gasteiger partial charge >= 0.3 is 0 Å². The summed E-state index contributed by atoms with van der Waals surface area (Å²) in [4.78, 5) is 41.3. The Hall–Kier alpha value is -3.99. The second kappa shape index (κ2) is 9.79. The van der Waals surface area contributed by atoms with Crippen LogP contribution in [0.1, 0.15) is 54.2 Å². The Morgan fingerprint density at radius 2 is 1.71 bits per heavy atom. The fourth-order valence-electron chi connectivity index (χ4n) is 6.94. The van der Waals surface area contributed by atoms with Gasteiger partial charge < -0.3 is 31.9 Å². The number of carbonyl (C=O) groups is 3. The summed E-state index contributed by atoms with van der Waals surface area (Å²) < 4.78 is 0. The third-order valence-corrected chi connectivity index (χ3v) is 9.08. The zero-order valence-electron chi connectivity index (χ0n) is 24.4. The number of aliphatic hydroxyl groups is 3. The topological polar surface area (TPSA) is 187 Å². The van der Waals surface area contributed by atoms with Gasteiger partial charge in [-0.1, -0.05) is 45.0 Å². The van der Waals surface area contributed by atoms with E-state index in [1.165, 1.54) is 4.90 Å². The maximum absolute atomic E-state index is 14.1. The number of benzene rings is 2. The van der Waals surface area contributed by atoms with E-state index >= 15 is 0 Å². The van der Waals surface area contributed by atoms with Crippen molar-refractivity contribution in [2.45, 2.75) is 57.2 Å².